The molecule has 1 saturated heterocycles. The van der Waals surface area contributed by atoms with Crippen molar-refractivity contribution in [2.24, 2.45) is 0 Å². The van der Waals surface area contributed by atoms with Gasteiger partial charge in [-0.3, -0.25) is 4.57 Å². The van der Waals surface area contributed by atoms with Gasteiger partial charge in [-0.15, -0.1) is 0 Å². The molecule has 0 radical (unpaired) electrons. The Morgan fingerprint density at radius 3 is 1.61 bits per heavy atom. The van der Waals surface area contributed by atoms with E-state index in [-0.39, 0.29) is 12.7 Å². The van der Waals surface area contributed by atoms with Crippen molar-refractivity contribution in [3.8, 4) is 0 Å². The van der Waals surface area contributed by atoms with E-state index in [9.17, 15) is 9.46 Å². The SMILES string of the molecule is CCCCCCCCC/C=C\CCCCCCCCCCCCOP(=O)([O-])OC1CC[N+](C)(C)CC1. The summed E-state index contributed by atoms with van der Waals surface area (Å²) in [6, 6.07) is 0. The minimum atomic E-state index is -4.16. The van der Waals surface area contributed by atoms with Crippen LogP contribution >= 0.6 is 7.82 Å². The van der Waals surface area contributed by atoms with Gasteiger partial charge in [0.1, 0.15) is 0 Å². The van der Waals surface area contributed by atoms with Gasteiger partial charge in [0.05, 0.1) is 39.9 Å². The van der Waals surface area contributed by atoms with Crippen molar-refractivity contribution in [1.82, 2.24) is 0 Å². The highest BCUT2D eigenvalue weighted by atomic mass is 31.2. The van der Waals surface area contributed by atoms with E-state index < -0.39 is 7.82 Å². The Kier molecular flexibility index (Phi) is 20.4. The fourth-order valence-electron chi connectivity index (χ4n) is 4.97. The Morgan fingerprint density at radius 1 is 0.722 bits per heavy atom. The number of likely N-dealkylation sites (tertiary alicyclic amines) is 1. The molecule has 0 aromatic heterocycles. The van der Waals surface area contributed by atoms with E-state index in [0.717, 1.165) is 49.7 Å². The Balaban J connectivity index is 1.79. The van der Waals surface area contributed by atoms with Gasteiger partial charge < -0.3 is 18.4 Å². The van der Waals surface area contributed by atoms with Crippen molar-refractivity contribution in [2.75, 3.05) is 33.8 Å². The Morgan fingerprint density at radius 2 is 1.14 bits per heavy atom. The summed E-state index contributed by atoms with van der Waals surface area (Å²) in [7, 11) is 0.177. The van der Waals surface area contributed by atoms with E-state index >= 15 is 0 Å². The molecule has 1 unspecified atom stereocenters. The van der Waals surface area contributed by atoms with E-state index in [0.29, 0.717) is 0 Å². The monoisotopic (exact) mass is 529 g/mol. The molecular formula is C30H60NO4P. The summed E-state index contributed by atoms with van der Waals surface area (Å²) in [5, 5.41) is 0. The van der Waals surface area contributed by atoms with Gasteiger partial charge in [-0.2, -0.15) is 0 Å². The van der Waals surface area contributed by atoms with Crippen molar-refractivity contribution in [3.05, 3.63) is 12.2 Å². The lowest BCUT2D eigenvalue weighted by molar-refractivity contribution is -0.896. The van der Waals surface area contributed by atoms with E-state index in [1.165, 1.54) is 103 Å². The number of unbranched alkanes of at least 4 members (excludes halogenated alkanes) is 17. The standard InChI is InChI=1S/C30H60NO4P/c1-4-5-6-7-8-9-10-11-12-13-14-15-16-17-18-19-20-21-22-23-24-29-34-36(32,33)35-30-25-27-31(2,3)28-26-30/h12-13,30H,4-11,14-29H2,1-3H3/b13-12-. The third-order valence-electron chi connectivity index (χ3n) is 7.55. The van der Waals surface area contributed by atoms with E-state index in [1.54, 1.807) is 0 Å². The predicted octanol–water partition coefficient (Wildman–Crippen LogP) is 8.71. The van der Waals surface area contributed by atoms with Crippen LogP contribution in [0.4, 0.5) is 0 Å². The number of allylic oxidation sites excluding steroid dienone is 2. The highest BCUT2D eigenvalue weighted by molar-refractivity contribution is 7.45. The third kappa shape index (κ3) is 20.8. The van der Waals surface area contributed by atoms with Gasteiger partial charge in [-0.05, 0) is 32.1 Å². The second kappa shape index (κ2) is 21.7. The van der Waals surface area contributed by atoms with Gasteiger partial charge in [0.2, 0.25) is 0 Å². The number of hydrogen-bond acceptors (Lipinski definition) is 4. The number of phosphoric ester groups is 1. The van der Waals surface area contributed by atoms with Crippen LogP contribution in [0.25, 0.3) is 0 Å². The molecule has 0 aromatic rings. The first-order valence-corrected chi connectivity index (χ1v) is 16.9. The lowest BCUT2D eigenvalue weighted by atomic mass is 10.1. The molecule has 1 atom stereocenters. The van der Waals surface area contributed by atoms with Gasteiger partial charge in [-0.1, -0.05) is 109 Å². The molecule has 0 saturated carbocycles. The summed E-state index contributed by atoms with van der Waals surface area (Å²) in [6.07, 6.45) is 30.6. The quantitative estimate of drug-likeness (QED) is 0.0543. The normalized spacial score (nSPS) is 18.1. The first kappa shape index (κ1) is 33.8. The minimum Gasteiger partial charge on any atom is -0.756 e. The van der Waals surface area contributed by atoms with Crippen LogP contribution in [0.1, 0.15) is 142 Å². The van der Waals surface area contributed by atoms with Gasteiger partial charge in [0, 0.05) is 12.8 Å². The summed E-state index contributed by atoms with van der Waals surface area (Å²) in [5.41, 5.74) is 0. The van der Waals surface area contributed by atoms with Gasteiger partial charge >= 0.3 is 0 Å². The molecule has 0 aliphatic carbocycles. The minimum absolute atomic E-state index is 0.212. The van der Waals surface area contributed by atoms with E-state index in [1.807, 2.05) is 0 Å². The maximum Gasteiger partial charge on any atom is 0.268 e. The molecule has 1 aliphatic heterocycles. The van der Waals surface area contributed by atoms with Crippen LogP contribution in [-0.4, -0.2) is 44.4 Å². The van der Waals surface area contributed by atoms with Crippen LogP contribution in [0, 0.1) is 0 Å². The van der Waals surface area contributed by atoms with Gasteiger partial charge in [0.15, 0.2) is 0 Å². The number of rotatable bonds is 24. The maximum absolute atomic E-state index is 12.0. The fourth-order valence-corrected chi connectivity index (χ4v) is 5.96. The average Bonchev–Trinajstić information content (AvgIpc) is 2.83. The zero-order valence-electron chi connectivity index (χ0n) is 24.2. The largest absolute Gasteiger partial charge is 0.756 e. The second-order valence-corrected chi connectivity index (χ2v) is 13.0. The van der Waals surface area contributed by atoms with Crippen LogP contribution < -0.4 is 4.89 Å². The Labute approximate surface area is 224 Å². The zero-order chi connectivity index (χ0) is 26.4. The molecule has 0 aromatic carbocycles. The second-order valence-electron chi connectivity index (χ2n) is 11.7. The van der Waals surface area contributed by atoms with Crippen LogP contribution in [0.3, 0.4) is 0 Å². The Bertz CT molecular complexity index is 571. The van der Waals surface area contributed by atoms with Crippen LogP contribution in [0.5, 0.6) is 0 Å². The summed E-state index contributed by atoms with van der Waals surface area (Å²) >= 11 is 0. The molecule has 36 heavy (non-hydrogen) atoms. The van der Waals surface area contributed by atoms with Crippen molar-refractivity contribution in [2.45, 2.75) is 148 Å². The number of hydrogen-bond donors (Lipinski definition) is 0. The van der Waals surface area contributed by atoms with Gasteiger partial charge in [0.25, 0.3) is 7.82 Å². The van der Waals surface area contributed by atoms with E-state index in [2.05, 4.69) is 33.2 Å². The molecular weight excluding hydrogens is 469 g/mol. The number of quaternary nitrogens is 1. The molecule has 1 heterocycles. The molecule has 214 valence electrons. The van der Waals surface area contributed by atoms with Crippen molar-refractivity contribution < 1.29 is 23.0 Å². The van der Waals surface area contributed by atoms with Crippen molar-refractivity contribution >= 4 is 7.82 Å². The van der Waals surface area contributed by atoms with E-state index in [4.69, 9.17) is 9.05 Å². The molecule has 0 bridgehead atoms. The number of piperidine rings is 1. The lowest BCUT2D eigenvalue weighted by Gasteiger charge is -2.38. The summed E-state index contributed by atoms with van der Waals surface area (Å²) in [5.74, 6) is 0. The smallest absolute Gasteiger partial charge is 0.268 e. The highest BCUT2D eigenvalue weighted by Crippen LogP contribution is 2.42. The lowest BCUT2D eigenvalue weighted by Crippen LogP contribution is -2.48. The van der Waals surface area contributed by atoms with Crippen LogP contribution in [-0.2, 0) is 13.6 Å². The number of nitrogens with zero attached hydrogens (tertiary/aromatic N) is 1. The van der Waals surface area contributed by atoms with Gasteiger partial charge in [-0.25, -0.2) is 0 Å². The van der Waals surface area contributed by atoms with Crippen molar-refractivity contribution in [1.29, 1.82) is 0 Å². The molecule has 1 aliphatic rings. The first-order valence-electron chi connectivity index (χ1n) is 15.5. The van der Waals surface area contributed by atoms with Crippen molar-refractivity contribution in [3.63, 3.8) is 0 Å². The number of phosphoric acid groups is 1. The molecule has 6 heteroatoms. The predicted molar refractivity (Wildman–Crippen MR) is 152 cm³/mol. The molecule has 0 amide bonds. The summed E-state index contributed by atoms with van der Waals surface area (Å²) in [6.45, 7) is 4.42. The van der Waals surface area contributed by atoms with Crippen LogP contribution in [0.15, 0.2) is 12.2 Å². The summed E-state index contributed by atoms with van der Waals surface area (Å²) < 4.78 is 23.4. The maximum atomic E-state index is 12.0. The molecule has 1 fully saturated rings. The van der Waals surface area contributed by atoms with Crippen LogP contribution in [0.2, 0.25) is 0 Å². The third-order valence-corrected chi connectivity index (χ3v) is 8.60. The molecule has 0 spiro atoms. The molecule has 5 nitrogen and oxygen atoms in total. The molecule has 1 rings (SSSR count). The topological polar surface area (TPSA) is 58.6 Å². The average molecular weight is 530 g/mol. The molecule has 0 N–H and O–H groups in total. The zero-order valence-corrected chi connectivity index (χ0v) is 25.1. The summed E-state index contributed by atoms with van der Waals surface area (Å²) in [4.78, 5) is 12.0. The Hall–Kier alpha value is -0.190. The highest BCUT2D eigenvalue weighted by Gasteiger charge is 2.29. The first-order chi connectivity index (χ1) is 17.3. The fraction of sp³-hybridized carbons (Fsp3) is 0.933.